The van der Waals surface area contributed by atoms with Gasteiger partial charge in [-0.15, -0.1) is 0 Å². The molecule has 0 aliphatic carbocycles. The first-order valence-corrected chi connectivity index (χ1v) is 6.33. The van der Waals surface area contributed by atoms with E-state index < -0.39 is 5.91 Å². The molecule has 94 valence electrons. The van der Waals surface area contributed by atoms with E-state index in [-0.39, 0.29) is 0 Å². The number of benzene rings is 1. The maximum atomic E-state index is 11.5. The maximum Gasteiger partial charge on any atom is 0.250 e. The summed E-state index contributed by atoms with van der Waals surface area (Å²) >= 11 is 3.48. The van der Waals surface area contributed by atoms with Gasteiger partial charge in [-0.2, -0.15) is 5.10 Å². The SMILES string of the molecule is Cc1ccc(C(N)=O)c(-n2nc(C)c(Br)c2C)c1. The van der Waals surface area contributed by atoms with Crippen LogP contribution in [0.3, 0.4) is 0 Å². The highest BCUT2D eigenvalue weighted by atomic mass is 79.9. The summed E-state index contributed by atoms with van der Waals surface area (Å²) in [4.78, 5) is 11.5. The smallest absolute Gasteiger partial charge is 0.250 e. The lowest BCUT2D eigenvalue weighted by Gasteiger charge is -2.10. The number of aryl methyl sites for hydroxylation is 2. The molecule has 1 aromatic carbocycles. The number of hydrogen-bond donors (Lipinski definition) is 1. The monoisotopic (exact) mass is 307 g/mol. The van der Waals surface area contributed by atoms with Crippen LogP contribution in [-0.2, 0) is 0 Å². The Kier molecular flexibility index (Phi) is 3.26. The van der Waals surface area contributed by atoms with Gasteiger partial charge in [0.1, 0.15) is 0 Å². The van der Waals surface area contributed by atoms with Crippen molar-refractivity contribution in [2.45, 2.75) is 20.8 Å². The third kappa shape index (κ3) is 2.06. The van der Waals surface area contributed by atoms with Crippen molar-refractivity contribution in [2.75, 3.05) is 0 Å². The predicted molar refractivity (Wildman–Crippen MR) is 74.0 cm³/mol. The van der Waals surface area contributed by atoms with E-state index in [9.17, 15) is 4.79 Å². The van der Waals surface area contributed by atoms with Gasteiger partial charge in [0.2, 0.25) is 0 Å². The van der Waals surface area contributed by atoms with E-state index in [0.29, 0.717) is 11.3 Å². The number of amides is 1. The Morgan fingerprint density at radius 2 is 2.00 bits per heavy atom. The number of hydrogen-bond acceptors (Lipinski definition) is 2. The molecule has 0 aliphatic heterocycles. The number of rotatable bonds is 2. The first-order valence-electron chi connectivity index (χ1n) is 5.54. The normalized spacial score (nSPS) is 10.7. The highest BCUT2D eigenvalue weighted by Crippen LogP contribution is 2.25. The molecule has 2 N–H and O–H groups in total. The third-order valence-electron chi connectivity index (χ3n) is 2.85. The van der Waals surface area contributed by atoms with Crippen molar-refractivity contribution in [3.8, 4) is 5.69 Å². The molecule has 2 rings (SSSR count). The fraction of sp³-hybridized carbons (Fsp3) is 0.231. The summed E-state index contributed by atoms with van der Waals surface area (Å²) in [5, 5.41) is 4.43. The summed E-state index contributed by atoms with van der Waals surface area (Å²) in [6.45, 7) is 5.82. The van der Waals surface area contributed by atoms with Crippen molar-refractivity contribution in [2.24, 2.45) is 5.73 Å². The molecule has 0 saturated carbocycles. The van der Waals surface area contributed by atoms with Crippen LogP contribution in [0.25, 0.3) is 5.69 Å². The van der Waals surface area contributed by atoms with Gasteiger partial charge in [0.25, 0.3) is 5.91 Å². The van der Waals surface area contributed by atoms with Gasteiger partial charge in [-0.1, -0.05) is 6.07 Å². The summed E-state index contributed by atoms with van der Waals surface area (Å²) in [6.07, 6.45) is 0. The van der Waals surface area contributed by atoms with Crippen LogP contribution in [-0.4, -0.2) is 15.7 Å². The quantitative estimate of drug-likeness (QED) is 0.927. The lowest BCUT2D eigenvalue weighted by atomic mass is 10.1. The van der Waals surface area contributed by atoms with E-state index in [1.807, 2.05) is 32.9 Å². The molecule has 18 heavy (non-hydrogen) atoms. The van der Waals surface area contributed by atoms with Gasteiger partial charge in [0.05, 0.1) is 27.1 Å². The molecule has 1 heterocycles. The van der Waals surface area contributed by atoms with Gasteiger partial charge in [-0.25, -0.2) is 4.68 Å². The van der Waals surface area contributed by atoms with Gasteiger partial charge in [-0.05, 0) is 54.4 Å². The van der Waals surface area contributed by atoms with E-state index >= 15 is 0 Å². The molecular formula is C13H14BrN3O. The highest BCUT2D eigenvalue weighted by Gasteiger charge is 2.15. The minimum atomic E-state index is -0.450. The van der Waals surface area contributed by atoms with E-state index in [0.717, 1.165) is 21.4 Å². The van der Waals surface area contributed by atoms with Crippen LogP contribution in [0.4, 0.5) is 0 Å². The highest BCUT2D eigenvalue weighted by molar-refractivity contribution is 9.10. The Labute approximate surface area is 114 Å². The van der Waals surface area contributed by atoms with E-state index in [1.165, 1.54) is 0 Å². The molecule has 1 amide bonds. The number of primary amides is 1. The number of halogens is 1. The fourth-order valence-electron chi connectivity index (χ4n) is 1.88. The molecule has 0 aliphatic rings. The van der Waals surface area contributed by atoms with Crippen LogP contribution in [0, 0.1) is 20.8 Å². The molecule has 1 aromatic heterocycles. The van der Waals surface area contributed by atoms with Crippen molar-refractivity contribution in [3.63, 3.8) is 0 Å². The molecule has 0 unspecified atom stereocenters. The first-order chi connectivity index (χ1) is 8.41. The standard InChI is InChI=1S/C13H14BrN3O/c1-7-4-5-10(13(15)18)11(6-7)17-9(3)12(14)8(2)16-17/h4-6H,1-3H3,(H2,15,18). The third-order valence-corrected chi connectivity index (χ3v) is 4.00. The number of aromatic nitrogens is 2. The maximum absolute atomic E-state index is 11.5. The van der Waals surface area contributed by atoms with Crippen molar-refractivity contribution >= 4 is 21.8 Å². The Morgan fingerprint density at radius 3 is 2.50 bits per heavy atom. The average Bonchev–Trinajstić information content (AvgIpc) is 2.56. The lowest BCUT2D eigenvalue weighted by Crippen LogP contribution is -2.15. The minimum absolute atomic E-state index is 0.450. The zero-order valence-electron chi connectivity index (χ0n) is 10.5. The van der Waals surface area contributed by atoms with E-state index in [2.05, 4.69) is 21.0 Å². The molecule has 0 bridgehead atoms. The lowest BCUT2D eigenvalue weighted by molar-refractivity contribution is 0.1000. The van der Waals surface area contributed by atoms with Crippen molar-refractivity contribution in [3.05, 3.63) is 45.2 Å². The van der Waals surface area contributed by atoms with Crippen LogP contribution in [0.1, 0.15) is 27.3 Å². The average molecular weight is 308 g/mol. The molecule has 5 heteroatoms. The molecular weight excluding hydrogens is 294 g/mol. The van der Waals surface area contributed by atoms with Gasteiger partial charge in [0.15, 0.2) is 0 Å². The fourth-order valence-corrected chi connectivity index (χ4v) is 2.13. The summed E-state index contributed by atoms with van der Waals surface area (Å²) in [5.41, 5.74) is 9.47. The summed E-state index contributed by atoms with van der Waals surface area (Å²) in [7, 11) is 0. The molecule has 0 radical (unpaired) electrons. The predicted octanol–water partition coefficient (Wildman–Crippen LogP) is 2.66. The number of carbonyl (C=O) groups is 1. The van der Waals surface area contributed by atoms with Crippen LogP contribution in [0.2, 0.25) is 0 Å². The van der Waals surface area contributed by atoms with Crippen molar-refractivity contribution < 1.29 is 4.79 Å². The van der Waals surface area contributed by atoms with Crippen LogP contribution in [0.5, 0.6) is 0 Å². The zero-order chi connectivity index (χ0) is 13.4. The molecule has 2 aromatic rings. The first kappa shape index (κ1) is 12.8. The van der Waals surface area contributed by atoms with E-state index in [1.54, 1.807) is 10.7 Å². The number of nitrogens with two attached hydrogens (primary N) is 1. The van der Waals surface area contributed by atoms with Crippen molar-refractivity contribution in [1.29, 1.82) is 0 Å². The second-order valence-electron chi connectivity index (χ2n) is 4.28. The largest absolute Gasteiger partial charge is 0.366 e. The Balaban J connectivity index is 2.73. The van der Waals surface area contributed by atoms with Gasteiger partial charge in [0, 0.05) is 0 Å². The Hall–Kier alpha value is -1.62. The molecule has 0 spiro atoms. The van der Waals surface area contributed by atoms with Crippen molar-refractivity contribution in [1.82, 2.24) is 9.78 Å². The van der Waals surface area contributed by atoms with Gasteiger partial charge < -0.3 is 5.73 Å². The zero-order valence-corrected chi connectivity index (χ0v) is 12.1. The second kappa shape index (κ2) is 4.57. The van der Waals surface area contributed by atoms with Gasteiger partial charge in [-0.3, -0.25) is 4.79 Å². The van der Waals surface area contributed by atoms with Crippen LogP contribution >= 0.6 is 15.9 Å². The second-order valence-corrected chi connectivity index (χ2v) is 5.07. The molecule has 0 atom stereocenters. The van der Waals surface area contributed by atoms with Crippen LogP contribution < -0.4 is 5.73 Å². The summed E-state index contributed by atoms with van der Waals surface area (Å²) < 4.78 is 2.69. The van der Waals surface area contributed by atoms with E-state index in [4.69, 9.17) is 5.73 Å². The molecule has 0 saturated heterocycles. The Bertz CT molecular complexity index is 631. The topological polar surface area (TPSA) is 60.9 Å². The number of carbonyl (C=O) groups excluding carboxylic acids is 1. The van der Waals surface area contributed by atoms with Gasteiger partial charge >= 0.3 is 0 Å². The number of nitrogens with zero attached hydrogens (tertiary/aromatic N) is 2. The minimum Gasteiger partial charge on any atom is -0.366 e. The van der Waals surface area contributed by atoms with Crippen LogP contribution in [0.15, 0.2) is 22.7 Å². The summed E-state index contributed by atoms with van der Waals surface area (Å²) in [5.74, 6) is -0.450. The molecule has 4 nitrogen and oxygen atoms in total. The molecule has 0 fully saturated rings. The summed E-state index contributed by atoms with van der Waals surface area (Å²) in [6, 6.07) is 5.51. The Morgan fingerprint density at radius 1 is 1.33 bits per heavy atom.